The number of methoxy groups -OCH3 is 1. The molecule has 2 aliphatic heterocycles. The number of carbonyl (C=O) groups is 3. The van der Waals surface area contributed by atoms with Gasteiger partial charge in [-0.1, -0.05) is 103 Å². The molecule has 9 unspecified atom stereocenters. The lowest BCUT2D eigenvalue weighted by atomic mass is 9.46. The Morgan fingerprint density at radius 2 is 1.60 bits per heavy atom. The zero-order valence-electron chi connectivity index (χ0n) is 34.1. The summed E-state index contributed by atoms with van der Waals surface area (Å²) in [6.07, 6.45) is 22.9. The summed E-state index contributed by atoms with van der Waals surface area (Å²) < 4.78 is 30.6. The van der Waals surface area contributed by atoms with Crippen LogP contribution in [0.3, 0.4) is 0 Å². The van der Waals surface area contributed by atoms with Gasteiger partial charge >= 0.3 is 11.9 Å². The maximum absolute atomic E-state index is 13.4. The molecular formula is C46H66O9. The van der Waals surface area contributed by atoms with Crippen LogP contribution in [0, 0.1) is 28.6 Å². The molecule has 0 radical (unpaired) electrons. The van der Waals surface area contributed by atoms with Crippen molar-refractivity contribution in [2.24, 2.45) is 28.6 Å². The maximum Gasteiger partial charge on any atom is 0.331 e. The van der Waals surface area contributed by atoms with Gasteiger partial charge < -0.3 is 28.8 Å². The molecule has 5 rings (SSSR count). The van der Waals surface area contributed by atoms with Crippen LogP contribution in [-0.4, -0.2) is 60.8 Å². The topological polar surface area (TPSA) is 118 Å². The molecule has 9 heteroatoms. The number of esters is 2. The fraction of sp³-hybridized carbons (Fsp3) is 0.674. The Morgan fingerprint density at radius 3 is 2.25 bits per heavy atom. The zero-order valence-corrected chi connectivity index (χ0v) is 34.1. The molecule has 0 aromatic heterocycles. The van der Waals surface area contributed by atoms with Gasteiger partial charge in [0.1, 0.15) is 24.2 Å². The van der Waals surface area contributed by atoms with Crippen LogP contribution < -0.4 is 4.74 Å². The fourth-order valence-corrected chi connectivity index (χ4v) is 10.0. The molecule has 2 aliphatic carbocycles. The number of benzene rings is 1. The Morgan fingerprint density at radius 1 is 0.945 bits per heavy atom. The molecule has 1 aromatic rings. The summed E-state index contributed by atoms with van der Waals surface area (Å²) in [4.78, 5) is 39.4. The van der Waals surface area contributed by atoms with E-state index < -0.39 is 59.5 Å². The van der Waals surface area contributed by atoms with E-state index in [-0.39, 0.29) is 11.4 Å². The monoisotopic (exact) mass is 762 g/mol. The van der Waals surface area contributed by atoms with Crippen LogP contribution in [0.5, 0.6) is 5.75 Å². The van der Waals surface area contributed by atoms with E-state index in [1.807, 2.05) is 31.2 Å². The van der Waals surface area contributed by atoms with Crippen LogP contribution in [0.1, 0.15) is 136 Å². The first kappa shape index (κ1) is 42.9. The van der Waals surface area contributed by atoms with Crippen LogP contribution in [0.2, 0.25) is 0 Å². The second-order valence-corrected chi connectivity index (χ2v) is 17.3. The number of hydrogen-bond acceptors (Lipinski definition) is 9. The van der Waals surface area contributed by atoms with Gasteiger partial charge in [0, 0.05) is 30.3 Å². The summed E-state index contributed by atoms with van der Waals surface area (Å²) in [6.45, 7) is 10.2. The highest BCUT2D eigenvalue weighted by Crippen LogP contribution is 2.63. The van der Waals surface area contributed by atoms with Crippen molar-refractivity contribution in [3.8, 4) is 5.75 Å². The predicted octanol–water partition coefficient (Wildman–Crippen LogP) is 9.46. The third-order valence-electron chi connectivity index (χ3n) is 12.8. The van der Waals surface area contributed by atoms with Crippen molar-refractivity contribution in [2.45, 2.75) is 161 Å². The largest absolute Gasteiger partial charge is 0.497 e. The highest BCUT2D eigenvalue weighted by atomic mass is 16.8. The number of aliphatic hydroxyl groups excluding tert-OH is 1. The fourth-order valence-electron chi connectivity index (χ4n) is 10.0. The molecule has 1 N–H and O–H groups in total. The normalized spacial score (nSPS) is 32.6. The number of rotatable bonds is 20. The first-order valence-electron chi connectivity index (χ1n) is 21.0. The number of carbonyl (C=O) groups excluding carboxylic acids is 3. The summed E-state index contributed by atoms with van der Waals surface area (Å²) in [6, 6.07) is 7.33. The van der Waals surface area contributed by atoms with Crippen molar-refractivity contribution in [1.29, 1.82) is 0 Å². The summed E-state index contributed by atoms with van der Waals surface area (Å²) in [5.41, 5.74) is -0.184. The Hall–Kier alpha value is -3.27. The average Bonchev–Trinajstić information content (AvgIpc) is 3.59. The van der Waals surface area contributed by atoms with Crippen LogP contribution >= 0.6 is 0 Å². The molecule has 3 fully saturated rings. The molecule has 2 saturated heterocycles. The minimum Gasteiger partial charge on any atom is -0.497 e. The quantitative estimate of drug-likeness (QED) is 0.0456. The van der Waals surface area contributed by atoms with E-state index in [9.17, 15) is 19.5 Å². The molecule has 9 atom stereocenters. The van der Waals surface area contributed by atoms with Gasteiger partial charge in [-0.15, -0.1) is 0 Å². The molecule has 0 amide bonds. The standard InChI is InChI=1S/C46H66O9/c1-7-8-9-10-11-12-13-14-15-16-17-18-19-20-21-35-41-46(5,54-42(35)50)55-43(53-41)39-33(31-47)30-36(48)40-44(2,3)29-28-37(45(39,40)4)52-38(49)27-24-32-22-25-34(51-6)26-23-32/h14-15,22-27,30-31,35-37,39-41,43,48H,7-13,16-21,28-29H2,1-6H3. The first-order valence-corrected chi connectivity index (χ1v) is 21.0. The number of unbranched alkanes of at least 4 members (excludes halogenated alkanes) is 10. The van der Waals surface area contributed by atoms with Gasteiger partial charge in [0.2, 0.25) is 5.79 Å². The van der Waals surface area contributed by atoms with E-state index in [1.54, 1.807) is 26.2 Å². The number of aliphatic hydroxyl groups is 1. The third kappa shape index (κ3) is 10.0. The molecule has 0 bridgehead atoms. The van der Waals surface area contributed by atoms with E-state index in [0.29, 0.717) is 30.6 Å². The number of hydrogen-bond donors (Lipinski definition) is 1. The summed E-state index contributed by atoms with van der Waals surface area (Å²) in [5.74, 6) is -3.04. The molecular weight excluding hydrogens is 696 g/mol. The predicted molar refractivity (Wildman–Crippen MR) is 213 cm³/mol. The number of fused-ring (bicyclic) bond motifs is 2. The Bertz CT molecular complexity index is 1530. The molecule has 2 heterocycles. The van der Waals surface area contributed by atoms with Crippen molar-refractivity contribution < 1.29 is 43.2 Å². The second-order valence-electron chi connectivity index (χ2n) is 17.3. The highest BCUT2D eigenvalue weighted by molar-refractivity contribution is 5.87. The van der Waals surface area contributed by atoms with Gasteiger partial charge in [0.05, 0.1) is 19.1 Å². The van der Waals surface area contributed by atoms with Crippen molar-refractivity contribution in [3.05, 3.63) is 59.7 Å². The highest BCUT2D eigenvalue weighted by Gasteiger charge is 2.68. The third-order valence-corrected chi connectivity index (χ3v) is 12.8. The summed E-state index contributed by atoms with van der Waals surface area (Å²) in [5, 5.41) is 11.6. The van der Waals surface area contributed by atoms with Crippen LogP contribution in [0.15, 0.2) is 54.1 Å². The molecule has 0 spiro atoms. The van der Waals surface area contributed by atoms with Gasteiger partial charge in [-0.25, -0.2) is 4.79 Å². The van der Waals surface area contributed by atoms with Crippen molar-refractivity contribution in [1.82, 2.24) is 0 Å². The molecule has 55 heavy (non-hydrogen) atoms. The van der Waals surface area contributed by atoms with E-state index in [2.05, 4.69) is 32.9 Å². The van der Waals surface area contributed by atoms with Crippen LogP contribution in [-0.2, 0) is 33.3 Å². The second kappa shape index (κ2) is 19.3. The lowest BCUT2D eigenvalue weighted by molar-refractivity contribution is -0.249. The van der Waals surface area contributed by atoms with Gasteiger partial charge in [-0.3, -0.25) is 9.59 Å². The van der Waals surface area contributed by atoms with Gasteiger partial charge in [-0.2, -0.15) is 0 Å². The molecule has 4 aliphatic rings. The number of allylic oxidation sites excluding steroid dienone is 2. The number of ether oxygens (including phenoxy) is 5. The van der Waals surface area contributed by atoms with E-state index >= 15 is 0 Å². The van der Waals surface area contributed by atoms with Crippen molar-refractivity contribution >= 4 is 24.3 Å². The molecule has 1 saturated carbocycles. The Balaban J connectivity index is 1.23. The lowest BCUT2D eigenvalue weighted by Gasteiger charge is -2.60. The first-order chi connectivity index (χ1) is 26.4. The van der Waals surface area contributed by atoms with Gasteiger partial charge in [0.15, 0.2) is 6.29 Å². The van der Waals surface area contributed by atoms with Crippen LogP contribution in [0.25, 0.3) is 6.08 Å². The maximum atomic E-state index is 13.4. The van der Waals surface area contributed by atoms with Crippen molar-refractivity contribution in [2.75, 3.05) is 7.11 Å². The molecule has 1 aromatic carbocycles. The van der Waals surface area contributed by atoms with E-state index in [0.717, 1.165) is 50.4 Å². The van der Waals surface area contributed by atoms with E-state index in [4.69, 9.17) is 23.7 Å². The smallest absolute Gasteiger partial charge is 0.331 e. The average molecular weight is 763 g/mol. The summed E-state index contributed by atoms with van der Waals surface area (Å²) >= 11 is 0. The number of aldehydes is 1. The van der Waals surface area contributed by atoms with Gasteiger partial charge in [0.25, 0.3) is 0 Å². The Kier molecular flexibility index (Phi) is 15.0. The summed E-state index contributed by atoms with van der Waals surface area (Å²) in [7, 11) is 1.60. The minimum absolute atomic E-state index is 0.327. The van der Waals surface area contributed by atoms with Gasteiger partial charge in [-0.05, 0) is 85.8 Å². The van der Waals surface area contributed by atoms with E-state index in [1.165, 1.54) is 44.6 Å². The zero-order chi connectivity index (χ0) is 39.6. The Labute approximate surface area is 329 Å². The lowest BCUT2D eigenvalue weighted by Crippen LogP contribution is -2.63. The minimum atomic E-state index is -1.32. The molecule has 9 nitrogen and oxygen atoms in total. The molecule has 304 valence electrons. The SMILES string of the molecule is CCCCCCCCC=CCCCCCCC1C(=O)OC2(C)OC(C3C(C=O)=CC(O)C4C(C)(C)CCC(OC(=O)C=Cc5ccc(OC)cc5)C34C)OC12. The van der Waals surface area contributed by atoms with Crippen LogP contribution in [0.4, 0.5) is 0 Å². The van der Waals surface area contributed by atoms with Crippen molar-refractivity contribution in [3.63, 3.8) is 0 Å².